The number of aromatic nitrogens is 2. The number of halogens is 3. The minimum atomic E-state index is -4.68. The molecule has 4 nitrogen and oxygen atoms in total. The van der Waals surface area contributed by atoms with Crippen LogP contribution in [-0.4, -0.2) is 15.1 Å². The van der Waals surface area contributed by atoms with Gasteiger partial charge in [0, 0.05) is 11.7 Å². The van der Waals surface area contributed by atoms with Crippen LogP contribution in [0.5, 0.6) is 0 Å². The first-order valence-corrected chi connectivity index (χ1v) is 6.61. The van der Waals surface area contributed by atoms with Gasteiger partial charge in [0.1, 0.15) is 11.4 Å². The molecule has 2 heterocycles. The smallest absolute Gasteiger partial charge is 0.365 e. The van der Waals surface area contributed by atoms with E-state index in [0.29, 0.717) is 5.82 Å². The Morgan fingerprint density at radius 3 is 2.32 bits per heavy atom. The van der Waals surface area contributed by atoms with Crippen molar-refractivity contribution in [1.29, 1.82) is 0 Å². The van der Waals surface area contributed by atoms with Crippen LogP contribution < -0.4 is 10.9 Å². The maximum Gasteiger partial charge on any atom is 0.421 e. The normalized spacial score (nSPS) is 12.3. The number of pyridine rings is 2. The van der Waals surface area contributed by atoms with Crippen LogP contribution in [0.1, 0.15) is 26.3 Å². The second kappa shape index (κ2) is 5.47. The Hall–Kier alpha value is -2.31. The molecule has 0 bridgehead atoms. The third kappa shape index (κ3) is 3.66. The van der Waals surface area contributed by atoms with E-state index in [-0.39, 0.29) is 11.2 Å². The lowest BCUT2D eigenvalue weighted by molar-refractivity contribution is -0.138. The Bertz CT molecular complexity index is 713. The number of nitrogens with one attached hydrogen (secondary N) is 1. The summed E-state index contributed by atoms with van der Waals surface area (Å²) < 4.78 is 39.2. The van der Waals surface area contributed by atoms with Crippen molar-refractivity contribution in [2.45, 2.75) is 32.5 Å². The summed E-state index contributed by atoms with van der Waals surface area (Å²) in [7, 11) is 0. The number of hydrogen-bond acceptors (Lipinski definition) is 3. The second-order valence-electron chi connectivity index (χ2n) is 5.87. The van der Waals surface area contributed by atoms with Crippen molar-refractivity contribution in [2.24, 2.45) is 0 Å². The highest BCUT2D eigenvalue weighted by atomic mass is 19.4. The summed E-state index contributed by atoms with van der Waals surface area (Å²) in [4.78, 5) is 16.1. The van der Waals surface area contributed by atoms with Crippen LogP contribution in [-0.2, 0) is 6.18 Å². The molecule has 2 aromatic heterocycles. The molecule has 0 aliphatic rings. The maximum absolute atomic E-state index is 12.8. The van der Waals surface area contributed by atoms with Crippen LogP contribution in [0.25, 0.3) is 5.69 Å². The summed E-state index contributed by atoms with van der Waals surface area (Å²) in [5, 5.41) is 3.13. The van der Waals surface area contributed by atoms with Crippen LogP contribution in [0.3, 0.4) is 0 Å². The lowest BCUT2D eigenvalue weighted by Gasteiger charge is -2.21. The topological polar surface area (TPSA) is 46.9 Å². The van der Waals surface area contributed by atoms with Gasteiger partial charge in [-0.2, -0.15) is 13.2 Å². The fraction of sp³-hybridized carbons (Fsp3) is 0.333. The molecule has 118 valence electrons. The van der Waals surface area contributed by atoms with Crippen LogP contribution in [0, 0.1) is 0 Å². The van der Waals surface area contributed by atoms with Gasteiger partial charge in [-0.05, 0) is 45.0 Å². The lowest BCUT2D eigenvalue weighted by Crippen LogP contribution is -2.28. The third-order valence-corrected chi connectivity index (χ3v) is 2.78. The molecule has 0 spiro atoms. The summed E-state index contributed by atoms with van der Waals surface area (Å²) >= 11 is 0. The Labute approximate surface area is 125 Å². The minimum Gasteiger partial charge on any atom is -0.365 e. The lowest BCUT2D eigenvalue weighted by atomic mass is 10.1. The van der Waals surface area contributed by atoms with Crippen molar-refractivity contribution in [2.75, 3.05) is 5.32 Å². The number of rotatable bonds is 2. The molecule has 0 saturated carbocycles. The molecule has 0 saturated heterocycles. The number of anilines is 1. The quantitative estimate of drug-likeness (QED) is 0.924. The van der Waals surface area contributed by atoms with Gasteiger partial charge in [-0.15, -0.1) is 0 Å². The van der Waals surface area contributed by atoms with Crippen LogP contribution in [0.2, 0.25) is 0 Å². The summed E-state index contributed by atoms with van der Waals surface area (Å²) in [6.07, 6.45) is -2.04. The molecule has 0 fully saturated rings. The van der Waals surface area contributed by atoms with E-state index in [4.69, 9.17) is 0 Å². The van der Waals surface area contributed by atoms with Gasteiger partial charge in [-0.25, -0.2) is 4.98 Å². The van der Waals surface area contributed by atoms with Gasteiger partial charge in [0.2, 0.25) is 0 Å². The average Bonchev–Trinajstić information content (AvgIpc) is 2.37. The first-order chi connectivity index (χ1) is 10.1. The van der Waals surface area contributed by atoms with E-state index in [1.807, 2.05) is 20.8 Å². The number of hydrogen-bond donors (Lipinski definition) is 1. The van der Waals surface area contributed by atoms with Crippen molar-refractivity contribution in [3.63, 3.8) is 0 Å². The van der Waals surface area contributed by atoms with E-state index >= 15 is 0 Å². The van der Waals surface area contributed by atoms with Crippen LogP contribution >= 0.6 is 0 Å². The third-order valence-electron chi connectivity index (χ3n) is 2.78. The van der Waals surface area contributed by atoms with Crippen molar-refractivity contribution in [3.8, 4) is 5.69 Å². The van der Waals surface area contributed by atoms with Crippen LogP contribution in [0.15, 0.2) is 41.5 Å². The molecular weight excluding hydrogens is 295 g/mol. The molecule has 2 rings (SSSR count). The number of nitrogens with zero attached hydrogens (tertiary/aromatic N) is 2. The molecule has 0 unspecified atom stereocenters. The molecule has 1 N–H and O–H groups in total. The highest BCUT2D eigenvalue weighted by molar-refractivity contribution is 5.42. The highest BCUT2D eigenvalue weighted by Gasteiger charge is 2.34. The summed E-state index contributed by atoms with van der Waals surface area (Å²) in [5.41, 5.74) is -2.24. The molecular formula is C15H16F3N3O. The van der Waals surface area contributed by atoms with Crippen LogP contribution in [0.4, 0.5) is 19.0 Å². The van der Waals surface area contributed by atoms with E-state index in [9.17, 15) is 18.0 Å². The van der Waals surface area contributed by atoms with Gasteiger partial charge in [-0.3, -0.25) is 9.36 Å². The van der Waals surface area contributed by atoms with Gasteiger partial charge < -0.3 is 5.32 Å². The first-order valence-electron chi connectivity index (χ1n) is 6.61. The largest absolute Gasteiger partial charge is 0.421 e. The zero-order valence-electron chi connectivity index (χ0n) is 12.4. The summed E-state index contributed by atoms with van der Waals surface area (Å²) in [6.45, 7) is 5.87. The van der Waals surface area contributed by atoms with E-state index in [2.05, 4.69) is 10.3 Å². The van der Waals surface area contributed by atoms with Gasteiger partial charge in [0.25, 0.3) is 5.56 Å². The van der Waals surface area contributed by atoms with E-state index in [0.717, 1.165) is 10.6 Å². The van der Waals surface area contributed by atoms with E-state index < -0.39 is 17.3 Å². The number of alkyl halides is 3. The molecule has 7 heteroatoms. The van der Waals surface area contributed by atoms with Gasteiger partial charge in [0.15, 0.2) is 0 Å². The van der Waals surface area contributed by atoms with Crippen molar-refractivity contribution in [1.82, 2.24) is 9.55 Å². The van der Waals surface area contributed by atoms with Crippen molar-refractivity contribution >= 4 is 5.82 Å². The summed E-state index contributed by atoms with van der Waals surface area (Å²) in [5.74, 6) is 0.580. The Balaban J connectivity index is 2.40. The Morgan fingerprint density at radius 1 is 1.14 bits per heavy atom. The molecule has 0 aliphatic heterocycles. The molecule has 2 aromatic rings. The predicted octanol–water partition coefficient (Wildman–Crippen LogP) is 3.46. The zero-order valence-corrected chi connectivity index (χ0v) is 12.4. The monoisotopic (exact) mass is 311 g/mol. The Morgan fingerprint density at radius 2 is 1.82 bits per heavy atom. The predicted molar refractivity (Wildman–Crippen MR) is 78.2 cm³/mol. The molecule has 0 atom stereocenters. The summed E-state index contributed by atoms with van der Waals surface area (Å²) in [6, 6.07) is 5.11. The maximum atomic E-state index is 12.8. The molecule has 0 aromatic carbocycles. The second-order valence-corrected chi connectivity index (χ2v) is 5.87. The minimum absolute atomic E-state index is 0.193. The first kappa shape index (κ1) is 16.1. The molecule has 0 radical (unpaired) electrons. The Kier molecular flexibility index (Phi) is 4.00. The SMILES string of the molecule is CC(C)(C)Nc1ccc(-n2cccc(C(F)(F)F)c2=O)cn1. The fourth-order valence-electron chi connectivity index (χ4n) is 1.90. The zero-order chi connectivity index (χ0) is 16.5. The standard InChI is InChI=1S/C15H16F3N3O/c1-14(2,3)20-12-7-6-10(9-19-12)21-8-4-5-11(13(21)22)15(16,17)18/h4-9H,1-3H3,(H,19,20). The molecule has 0 aliphatic carbocycles. The van der Waals surface area contributed by atoms with Gasteiger partial charge in [0.05, 0.1) is 11.9 Å². The molecule has 0 amide bonds. The average molecular weight is 311 g/mol. The van der Waals surface area contributed by atoms with Gasteiger partial charge in [-0.1, -0.05) is 0 Å². The van der Waals surface area contributed by atoms with Crippen molar-refractivity contribution in [3.05, 3.63) is 52.6 Å². The fourth-order valence-corrected chi connectivity index (χ4v) is 1.90. The van der Waals surface area contributed by atoms with Crippen molar-refractivity contribution < 1.29 is 13.2 Å². The molecule has 22 heavy (non-hydrogen) atoms. The highest BCUT2D eigenvalue weighted by Crippen LogP contribution is 2.26. The van der Waals surface area contributed by atoms with E-state index in [1.54, 1.807) is 12.1 Å². The van der Waals surface area contributed by atoms with Gasteiger partial charge >= 0.3 is 6.18 Å². The van der Waals surface area contributed by atoms with E-state index in [1.165, 1.54) is 18.5 Å².